The third kappa shape index (κ3) is 4.83. The maximum absolute atomic E-state index is 5.78. The van der Waals surface area contributed by atoms with Crippen LogP contribution < -0.4 is 4.90 Å². The lowest BCUT2D eigenvalue weighted by Crippen LogP contribution is -2.25. The number of hydrogen-bond donors (Lipinski definition) is 0. The van der Waals surface area contributed by atoms with E-state index in [0.29, 0.717) is 5.92 Å². The van der Waals surface area contributed by atoms with E-state index in [4.69, 9.17) is 6.42 Å². The van der Waals surface area contributed by atoms with Crippen LogP contribution in [0.3, 0.4) is 0 Å². The van der Waals surface area contributed by atoms with Gasteiger partial charge < -0.3 is 4.90 Å². The summed E-state index contributed by atoms with van der Waals surface area (Å²) in [7, 11) is 0. The maximum Gasteiger partial charge on any atom is 0.0417 e. The van der Waals surface area contributed by atoms with E-state index < -0.39 is 0 Å². The number of para-hydroxylation sites is 1. The molecule has 0 heterocycles. The van der Waals surface area contributed by atoms with E-state index in [1.807, 2.05) is 0 Å². The predicted molar refractivity (Wildman–Crippen MR) is 177 cm³/mol. The average Bonchev–Trinajstić information content (AvgIpc) is 3.57. The summed E-state index contributed by atoms with van der Waals surface area (Å²) < 4.78 is 0. The fourth-order valence-corrected chi connectivity index (χ4v) is 6.87. The van der Waals surface area contributed by atoms with Crippen molar-refractivity contribution in [2.75, 3.05) is 11.4 Å². The molecule has 204 valence electrons. The van der Waals surface area contributed by atoms with Crippen LogP contribution in [0.25, 0.3) is 28.9 Å². The van der Waals surface area contributed by atoms with E-state index in [-0.39, 0.29) is 5.41 Å². The smallest absolute Gasteiger partial charge is 0.0417 e. The van der Waals surface area contributed by atoms with Crippen molar-refractivity contribution in [1.29, 1.82) is 0 Å². The van der Waals surface area contributed by atoms with Gasteiger partial charge in [-0.05, 0) is 99.7 Å². The first kappa shape index (κ1) is 26.9. The van der Waals surface area contributed by atoms with Gasteiger partial charge >= 0.3 is 0 Å². The topological polar surface area (TPSA) is 3.24 Å². The van der Waals surface area contributed by atoms with E-state index in [0.717, 1.165) is 25.8 Å². The summed E-state index contributed by atoms with van der Waals surface area (Å²) in [6.07, 6.45) is 15.7. The molecule has 0 bridgehead atoms. The van der Waals surface area contributed by atoms with E-state index in [1.54, 1.807) is 0 Å². The molecule has 0 saturated carbocycles. The summed E-state index contributed by atoms with van der Waals surface area (Å²) in [6.45, 7) is 10.2. The Morgan fingerprint density at radius 2 is 1.61 bits per heavy atom. The van der Waals surface area contributed by atoms with Crippen LogP contribution in [0.4, 0.5) is 11.4 Å². The minimum atomic E-state index is -0.0924. The summed E-state index contributed by atoms with van der Waals surface area (Å²) in [6, 6.07) is 31.2. The van der Waals surface area contributed by atoms with Gasteiger partial charge in [-0.1, -0.05) is 100 Å². The second-order valence-electron chi connectivity index (χ2n) is 12.1. The van der Waals surface area contributed by atoms with Crippen molar-refractivity contribution < 1.29 is 0 Å². The highest BCUT2D eigenvalue weighted by atomic mass is 15.1. The van der Waals surface area contributed by atoms with Crippen LogP contribution in [0.15, 0.2) is 91.0 Å². The first-order valence-electron chi connectivity index (χ1n) is 14.9. The Balaban J connectivity index is 1.52. The molecule has 1 nitrogen and oxygen atoms in total. The first-order chi connectivity index (χ1) is 19.9. The zero-order chi connectivity index (χ0) is 28.6. The van der Waals surface area contributed by atoms with Crippen LogP contribution in [0.1, 0.15) is 67.0 Å². The Morgan fingerprint density at radius 1 is 0.854 bits per heavy atom. The standard InChI is InChI=1S/C40H39N/c1-6-14-29(7-2)27-41(32-17-9-8-10-18-32)33-23-24-36(37(26-33)34-19-12-11-15-28(34)3)38-25-31-22-21-30-16-13-20-35(30)39(31)40(38,4)5/h1,8-13,15-19,21-26,29H,7,14,20,27H2,2-5H3. The Morgan fingerprint density at radius 3 is 2.37 bits per heavy atom. The number of terminal acetylenes is 1. The highest BCUT2D eigenvalue weighted by molar-refractivity contribution is 6.00. The van der Waals surface area contributed by atoms with Crippen molar-refractivity contribution in [3.8, 4) is 23.5 Å². The third-order valence-electron chi connectivity index (χ3n) is 9.13. The van der Waals surface area contributed by atoms with Crippen LogP contribution in [0.2, 0.25) is 0 Å². The fourth-order valence-electron chi connectivity index (χ4n) is 6.87. The molecule has 1 heteroatoms. The molecule has 2 aliphatic carbocycles. The molecule has 0 fully saturated rings. The van der Waals surface area contributed by atoms with E-state index in [2.05, 4.69) is 142 Å². The summed E-state index contributed by atoms with van der Waals surface area (Å²) in [5, 5.41) is 0. The number of nitrogens with zero attached hydrogens (tertiary/aromatic N) is 1. The van der Waals surface area contributed by atoms with Gasteiger partial charge in [0.25, 0.3) is 0 Å². The number of hydrogen-bond acceptors (Lipinski definition) is 1. The second kappa shape index (κ2) is 10.9. The SMILES string of the molecule is C#CCC(CC)CN(c1ccccc1)c1ccc(C2=Cc3ccc4c(c3C2(C)C)CC=C4)c(-c2ccccc2C)c1. The van der Waals surface area contributed by atoms with Crippen molar-refractivity contribution in [2.24, 2.45) is 5.92 Å². The number of anilines is 2. The van der Waals surface area contributed by atoms with Crippen molar-refractivity contribution in [3.63, 3.8) is 0 Å². The molecule has 0 radical (unpaired) electrons. The molecule has 1 unspecified atom stereocenters. The van der Waals surface area contributed by atoms with E-state index >= 15 is 0 Å². The monoisotopic (exact) mass is 533 g/mol. The molecule has 0 spiro atoms. The molecule has 41 heavy (non-hydrogen) atoms. The Bertz CT molecular complexity index is 1690. The number of rotatable bonds is 8. The normalized spacial score (nSPS) is 15.1. The Labute approximate surface area is 246 Å². The second-order valence-corrected chi connectivity index (χ2v) is 12.1. The lowest BCUT2D eigenvalue weighted by molar-refractivity contribution is 0.531. The van der Waals surface area contributed by atoms with Crippen LogP contribution in [0, 0.1) is 25.2 Å². The number of aryl methyl sites for hydroxylation is 1. The molecule has 0 saturated heterocycles. The quantitative estimate of drug-likeness (QED) is 0.204. The van der Waals surface area contributed by atoms with Crippen LogP contribution >= 0.6 is 0 Å². The van der Waals surface area contributed by atoms with E-state index in [1.165, 1.54) is 61.5 Å². The minimum Gasteiger partial charge on any atom is -0.341 e. The molecular formula is C40H39N. The van der Waals surface area contributed by atoms with Gasteiger partial charge in [0.1, 0.15) is 0 Å². The highest BCUT2D eigenvalue weighted by Gasteiger charge is 2.37. The molecule has 0 N–H and O–H groups in total. The molecule has 6 rings (SSSR count). The molecule has 1 atom stereocenters. The largest absolute Gasteiger partial charge is 0.341 e. The molecule has 2 aliphatic rings. The predicted octanol–water partition coefficient (Wildman–Crippen LogP) is 10.3. The molecular weight excluding hydrogens is 494 g/mol. The number of fused-ring (bicyclic) bond motifs is 3. The van der Waals surface area contributed by atoms with Crippen LogP contribution in [-0.4, -0.2) is 6.54 Å². The van der Waals surface area contributed by atoms with Gasteiger partial charge in [-0.25, -0.2) is 0 Å². The van der Waals surface area contributed by atoms with Gasteiger partial charge in [-0.15, -0.1) is 12.3 Å². The van der Waals surface area contributed by atoms with Crippen LogP contribution in [-0.2, 0) is 11.8 Å². The zero-order valence-electron chi connectivity index (χ0n) is 24.7. The molecule has 0 aromatic heterocycles. The van der Waals surface area contributed by atoms with Gasteiger partial charge in [-0.3, -0.25) is 0 Å². The minimum absolute atomic E-state index is 0.0924. The van der Waals surface area contributed by atoms with Gasteiger partial charge in [0, 0.05) is 29.8 Å². The number of benzene rings is 4. The third-order valence-corrected chi connectivity index (χ3v) is 9.13. The zero-order valence-corrected chi connectivity index (χ0v) is 24.7. The van der Waals surface area contributed by atoms with Crippen molar-refractivity contribution in [1.82, 2.24) is 0 Å². The summed E-state index contributed by atoms with van der Waals surface area (Å²) in [5.41, 5.74) is 14.6. The Hall–Kier alpha value is -4.28. The van der Waals surface area contributed by atoms with Crippen molar-refractivity contribution in [2.45, 2.75) is 52.4 Å². The fraction of sp³-hybridized carbons (Fsp3) is 0.250. The van der Waals surface area contributed by atoms with E-state index in [9.17, 15) is 0 Å². The molecule has 0 amide bonds. The lowest BCUT2D eigenvalue weighted by atomic mass is 9.74. The summed E-state index contributed by atoms with van der Waals surface area (Å²) in [5.74, 6) is 3.33. The number of allylic oxidation sites excluding steroid dienone is 2. The lowest BCUT2D eigenvalue weighted by Gasteiger charge is -2.31. The highest BCUT2D eigenvalue weighted by Crippen LogP contribution is 2.52. The molecule has 0 aliphatic heterocycles. The Kier molecular flexibility index (Phi) is 7.19. The van der Waals surface area contributed by atoms with Gasteiger partial charge in [-0.2, -0.15) is 0 Å². The molecule has 4 aromatic carbocycles. The summed E-state index contributed by atoms with van der Waals surface area (Å²) in [4.78, 5) is 2.46. The van der Waals surface area contributed by atoms with Gasteiger partial charge in [0.2, 0.25) is 0 Å². The maximum atomic E-state index is 5.78. The van der Waals surface area contributed by atoms with Crippen LogP contribution in [0.5, 0.6) is 0 Å². The first-order valence-corrected chi connectivity index (χ1v) is 14.9. The van der Waals surface area contributed by atoms with Crippen molar-refractivity contribution in [3.05, 3.63) is 124 Å². The average molecular weight is 534 g/mol. The van der Waals surface area contributed by atoms with Gasteiger partial charge in [0.15, 0.2) is 0 Å². The molecule has 4 aromatic rings. The van der Waals surface area contributed by atoms with Crippen molar-refractivity contribution >= 4 is 29.1 Å². The summed E-state index contributed by atoms with van der Waals surface area (Å²) >= 11 is 0. The van der Waals surface area contributed by atoms with Gasteiger partial charge in [0.05, 0.1) is 0 Å².